The molecule has 0 fully saturated rings. The van der Waals surface area contributed by atoms with E-state index in [0.717, 1.165) is 16.5 Å². The monoisotopic (exact) mass is 212 g/mol. The van der Waals surface area contributed by atoms with Gasteiger partial charge in [-0.3, -0.25) is 0 Å². The lowest BCUT2D eigenvalue weighted by molar-refractivity contribution is 0.125. The highest BCUT2D eigenvalue weighted by atomic mass is 28.4. The summed E-state index contributed by atoms with van der Waals surface area (Å²) in [6, 6.07) is 0.816. The molecular formula is C6H20O4Si2. The Kier molecular flexibility index (Phi) is 11.5. The van der Waals surface area contributed by atoms with Crippen LogP contribution in [0.25, 0.3) is 0 Å². The molecule has 12 heavy (non-hydrogen) atoms. The normalized spacial score (nSPS) is 10.8. The third kappa shape index (κ3) is 5.87. The van der Waals surface area contributed by atoms with Crippen molar-refractivity contribution in [3.05, 3.63) is 0 Å². The lowest BCUT2D eigenvalue weighted by Gasteiger charge is -2.22. The fourth-order valence-corrected chi connectivity index (χ4v) is 2.05. The molecule has 0 saturated heterocycles. The van der Waals surface area contributed by atoms with Crippen LogP contribution in [0.15, 0.2) is 0 Å². The van der Waals surface area contributed by atoms with E-state index in [-0.39, 0.29) is 0 Å². The van der Waals surface area contributed by atoms with Crippen LogP contribution in [-0.2, 0) is 17.7 Å². The van der Waals surface area contributed by atoms with Gasteiger partial charge in [0.15, 0.2) is 0 Å². The van der Waals surface area contributed by atoms with E-state index < -0.39 is 8.80 Å². The minimum Gasteiger partial charge on any atom is -0.431 e. The van der Waals surface area contributed by atoms with Gasteiger partial charge >= 0.3 is 8.80 Å². The molecule has 0 aromatic rings. The summed E-state index contributed by atoms with van der Waals surface area (Å²) in [6.45, 7) is 1.99. The molecule has 0 radical (unpaired) electrons. The van der Waals surface area contributed by atoms with E-state index in [1.807, 2.05) is 6.92 Å². The average molecular weight is 212 g/mol. The highest BCUT2D eigenvalue weighted by Gasteiger charge is 2.34. The molecule has 0 aliphatic carbocycles. The fourth-order valence-electron chi connectivity index (χ4n) is 0.683. The third-order valence-electron chi connectivity index (χ3n) is 1.37. The zero-order chi connectivity index (χ0) is 10.0. The minimum atomic E-state index is -2.19. The molecule has 76 valence electrons. The van der Waals surface area contributed by atoms with Gasteiger partial charge in [0, 0.05) is 34.5 Å². The van der Waals surface area contributed by atoms with E-state index in [9.17, 15) is 0 Å². The first-order valence-corrected chi connectivity index (χ1v) is 6.46. The van der Waals surface area contributed by atoms with Gasteiger partial charge in [-0.15, -0.1) is 0 Å². The molecule has 0 aliphatic heterocycles. The van der Waals surface area contributed by atoms with Crippen LogP contribution in [0.1, 0.15) is 6.92 Å². The summed E-state index contributed by atoms with van der Waals surface area (Å²) in [5.41, 5.74) is 0. The first-order chi connectivity index (χ1) is 5.66. The standard InChI is InChI=1S/C5H14O3Si.CH6OSi/c1-5-9(6-2,7-3)8-4;1-2-3/h5H2,1-4H3;1,3H3. The van der Waals surface area contributed by atoms with Crippen LogP contribution in [0.5, 0.6) is 0 Å². The maximum Gasteiger partial charge on any atom is 0.499 e. The molecular weight excluding hydrogens is 192 g/mol. The van der Waals surface area contributed by atoms with Crippen molar-refractivity contribution in [2.45, 2.75) is 13.0 Å². The van der Waals surface area contributed by atoms with Gasteiger partial charge in [-0.25, -0.2) is 0 Å². The Morgan fingerprint density at radius 2 is 1.25 bits per heavy atom. The van der Waals surface area contributed by atoms with Gasteiger partial charge in [0.25, 0.3) is 0 Å². The number of hydrogen-bond acceptors (Lipinski definition) is 4. The van der Waals surface area contributed by atoms with Gasteiger partial charge in [-0.05, 0) is 0 Å². The summed E-state index contributed by atoms with van der Waals surface area (Å²) in [4.78, 5) is 0. The Morgan fingerprint density at radius 3 is 1.25 bits per heavy atom. The van der Waals surface area contributed by atoms with Crippen molar-refractivity contribution in [1.82, 2.24) is 0 Å². The Balaban J connectivity index is 0. The van der Waals surface area contributed by atoms with E-state index in [4.69, 9.17) is 13.3 Å². The van der Waals surface area contributed by atoms with Crippen molar-refractivity contribution in [1.29, 1.82) is 0 Å². The third-order valence-corrected chi connectivity index (χ3v) is 4.10. The Hall–Kier alpha value is 0.274. The van der Waals surface area contributed by atoms with Crippen LogP contribution in [0.2, 0.25) is 6.04 Å². The molecule has 6 heteroatoms. The largest absolute Gasteiger partial charge is 0.499 e. The summed E-state index contributed by atoms with van der Waals surface area (Å²) in [6.07, 6.45) is 0. The highest BCUT2D eigenvalue weighted by Crippen LogP contribution is 2.10. The molecule has 0 aromatic heterocycles. The maximum absolute atomic E-state index is 5.08. The molecule has 0 saturated carbocycles. The SMILES string of the molecule is CC[Si](OC)(OC)OC.CO[SiH3]. The van der Waals surface area contributed by atoms with Crippen molar-refractivity contribution < 1.29 is 17.7 Å². The second kappa shape index (κ2) is 9.36. The number of rotatable bonds is 4. The zero-order valence-electron chi connectivity index (χ0n) is 8.84. The topological polar surface area (TPSA) is 36.9 Å². The molecule has 0 aliphatic rings. The van der Waals surface area contributed by atoms with Crippen LogP contribution in [0.3, 0.4) is 0 Å². The first kappa shape index (κ1) is 14.8. The smallest absolute Gasteiger partial charge is 0.431 e. The molecule has 0 rings (SSSR count). The predicted octanol–water partition coefficient (Wildman–Crippen LogP) is -0.202. The molecule has 0 N–H and O–H groups in total. The van der Waals surface area contributed by atoms with Crippen molar-refractivity contribution in [3.63, 3.8) is 0 Å². The molecule has 0 bridgehead atoms. The second-order valence-electron chi connectivity index (χ2n) is 2.06. The van der Waals surface area contributed by atoms with Gasteiger partial charge in [0.1, 0.15) is 10.5 Å². The van der Waals surface area contributed by atoms with Gasteiger partial charge in [0.05, 0.1) is 0 Å². The van der Waals surface area contributed by atoms with Gasteiger partial charge in [0.2, 0.25) is 0 Å². The molecule has 0 spiro atoms. The lowest BCUT2D eigenvalue weighted by Crippen LogP contribution is -2.41. The zero-order valence-corrected chi connectivity index (χ0v) is 11.8. The maximum atomic E-state index is 5.08. The Bertz CT molecular complexity index is 70.1. The van der Waals surface area contributed by atoms with Crippen LogP contribution in [-0.4, -0.2) is 47.7 Å². The molecule has 0 amide bonds. The quantitative estimate of drug-likeness (QED) is 0.605. The van der Waals surface area contributed by atoms with E-state index in [1.54, 1.807) is 28.4 Å². The molecule has 4 nitrogen and oxygen atoms in total. The van der Waals surface area contributed by atoms with Gasteiger partial charge < -0.3 is 17.7 Å². The van der Waals surface area contributed by atoms with E-state index in [1.165, 1.54) is 0 Å². The average Bonchev–Trinajstić information content (AvgIpc) is 2.11. The van der Waals surface area contributed by atoms with E-state index >= 15 is 0 Å². The molecule has 0 heterocycles. The number of hydrogen-bond donors (Lipinski definition) is 0. The van der Waals surface area contributed by atoms with Crippen LogP contribution in [0.4, 0.5) is 0 Å². The highest BCUT2D eigenvalue weighted by molar-refractivity contribution is 6.60. The summed E-state index contributed by atoms with van der Waals surface area (Å²) in [5.74, 6) is 0. The summed E-state index contributed by atoms with van der Waals surface area (Å²) >= 11 is 0. The Labute approximate surface area is 79.1 Å². The Morgan fingerprint density at radius 1 is 1.00 bits per heavy atom. The van der Waals surface area contributed by atoms with Gasteiger partial charge in [-0.1, -0.05) is 6.92 Å². The van der Waals surface area contributed by atoms with E-state index in [2.05, 4.69) is 4.43 Å². The summed E-state index contributed by atoms with van der Waals surface area (Å²) in [5, 5.41) is 0. The summed E-state index contributed by atoms with van der Waals surface area (Å²) < 4.78 is 19.6. The van der Waals surface area contributed by atoms with Crippen LogP contribution in [0, 0.1) is 0 Å². The predicted molar refractivity (Wildman–Crippen MR) is 54.2 cm³/mol. The molecule has 0 atom stereocenters. The van der Waals surface area contributed by atoms with Crippen molar-refractivity contribution in [3.8, 4) is 0 Å². The van der Waals surface area contributed by atoms with Gasteiger partial charge in [-0.2, -0.15) is 0 Å². The first-order valence-electron chi connectivity index (χ1n) is 3.71. The lowest BCUT2D eigenvalue weighted by atomic mass is 11.0. The van der Waals surface area contributed by atoms with Crippen molar-refractivity contribution in [2.24, 2.45) is 0 Å². The van der Waals surface area contributed by atoms with Crippen molar-refractivity contribution >= 4 is 19.3 Å². The molecule has 0 aromatic carbocycles. The van der Waals surface area contributed by atoms with Crippen LogP contribution >= 0.6 is 0 Å². The van der Waals surface area contributed by atoms with E-state index in [0.29, 0.717) is 0 Å². The second-order valence-corrected chi connectivity index (χ2v) is 6.17. The summed E-state index contributed by atoms with van der Waals surface area (Å²) in [7, 11) is 5.21. The van der Waals surface area contributed by atoms with Crippen LogP contribution < -0.4 is 0 Å². The minimum absolute atomic E-state index is 0.816. The fraction of sp³-hybridized carbons (Fsp3) is 1.00. The van der Waals surface area contributed by atoms with Crippen molar-refractivity contribution in [2.75, 3.05) is 28.4 Å². The molecule has 0 unspecified atom stereocenters.